The van der Waals surface area contributed by atoms with Crippen LogP contribution >= 0.6 is 0 Å². The van der Waals surface area contributed by atoms with E-state index in [0.717, 1.165) is 11.1 Å². The van der Waals surface area contributed by atoms with Gasteiger partial charge in [-0.25, -0.2) is 0 Å². The summed E-state index contributed by atoms with van der Waals surface area (Å²) in [5.41, 5.74) is 4.31. The second kappa shape index (κ2) is 17.7. The highest BCUT2D eigenvalue weighted by atomic mass is 28.4. The quantitative estimate of drug-likeness (QED) is 0.142. The van der Waals surface area contributed by atoms with Gasteiger partial charge in [-0.2, -0.15) is 0 Å². The van der Waals surface area contributed by atoms with Gasteiger partial charge in [-0.1, -0.05) is 91.9 Å². The standard InChI is InChI=1S/C59H52N4O9Si/c1-36-55(73(2,3)69)53(32-54(65)60-34-39-17-5-4-16-38(39)30-42(60)35-64)72-59(36)45-31-41(63-48-22-9-13-26-52(48)71-50-24-11-7-20-44(50)57(63)67)27-28-46(45)61(58(59)68)33-37-15-14-18-40(29-37)62-47-21-8-12-25-51(47)70-49-23-10-6-19-43(49)56(62)66/h4-29,31,36,42,53,55,64,69H,30,32-35H2,1-3H3/t36-,42-,53+,55-,59+/m0/s1. The van der Waals surface area contributed by atoms with Gasteiger partial charge in [0, 0.05) is 34.9 Å². The fourth-order valence-electron chi connectivity index (χ4n) is 12.0. The fourth-order valence-corrected chi connectivity index (χ4v) is 14.6. The van der Waals surface area contributed by atoms with Crippen LogP contribution in [0.25, 0.3) is 0 Å². The number of anilines is 5. The Morgan fingerprint density at radius 2 is 1.22 bits per heavy atom. The Hall–Kier alpha value is -7.88. The summed E-state index contributed by atoms with van der Waals surface area (Å²) in [7, 11) is -3.28. The zero-order chi connectivity index (χ0) is 50.3. The number of hydrogen-bond acceptors (Lipinski definition) is 9. The van der Waals surface area contributed by atoms with Gasteiger partial charge >= 0.3 is 0 Å². The van der Waals surface area contributed by atoms with Crippen molar-refractivity contribution in [3.8, 4) is 23.0 Å². The summed E-state index contributed by atoms with van der Waals surface area (Å²) >= 11 is 0. The third-order valence-corrected chi connectivity index (χ3v) is 17.8. The van der Waals surface area contributed by atoms with Gasteiger partial charge in [-0.15, -0.1) is 0 Å². The maximum atomic E-state index is 16.0. The lowest BCUT2D eigenvalue weighted by molar-refractivity contribution is -0.151. The van der Waals surface area contributed by atoms with E-state index in [1.54, 1.807) is 62.1 Å². The molecule has 0 aliphatic carbocycles. The van der Waals surface area contributed by atoms with Crippen LogP contribution in [0.1, 0.15) is 56.3 Å². The van der Waals surface area contributed by atoms with Crippen LogP contribution in [0.2, 0.25) is 18.6 Å². The minimum Gasteiger partial charge on any atom is -0.454 e. The minimum atomic E-state index is -3.28. The molecule has 12 rings (SSSR count). The van der Waals surface area contributed by atoms with Crippen LogP contribution in [0, 0.1) is 5.92 Å². The van der Waals surface area contributed by atoms with Gasteiger partial charge in [-0.05, 0) is 115 Å². The van der Waals surface area contributed by atoms with Gasteiger partial charge in [-0.3, -0.25) is 29.0 Å². The molecule has 0 aromatic heterocycles. The molecule has 7 aromatic rings. The Balaban J connectivity index is 0.969. The lowest BCUT2D eigenvalue weighted by Gasteiger charge is -2.37. The van der Waals surface area contributed by atoms with Crippen molar-refractivity contribution in [1.29, 1.82) is 0 Å². The normalized spacial score (nSPS) is 21.8. The Bertz CT molecular complexity index is 3410. The molecule has 14 heteroatoms. The predicted octanol–water partition coefficient (Wildman–Crippen LogP) is 10.5. The average molecular weight is 989 g/mol. The van der Waals surface area contributed by atoms with E-state index in [-0.39, 0.29) is 43.2 Å². The number of para-hydroxylation sites is 6. The van der Waals surface area contributed by atoms with E-state index in [2.05, 4.69) is 0 Å². The van der Waals surface area contributed by atoms with Crippen LogP contribution in [0.5, 0.6) is 23.0 Å². The predicted molar refractivity (Wildman–Crippen MR) is 278 cm³/mol. The maximum absolute atomic E-state index is 16.0. The zero-order valence-electron chi connectivity index (χ0n) is 40.5. The first-order chi connectivity index (χ1) is 35.3. The molecule has 0 unspecified atom stereocenters. The van der Waals surface area contributed by atoms with Crippen LogP contribution in [-0.4, -0.2) is 65.5 Å². The first-order valence-corrected chi connectivity index (χ1v) is 27.7. The Morgan fingerprint density at radius 3 is 1.84 bits per heavy atom. The van der Waals surface area contributed by atoms with Gasteiger partial charge in [0.2, 0.25) is 5.91 Å². The van der Waals surface area contributed by atoms with Gasteiger partial charge in [0.25, 0.3) is 17.7 Å². The lowest BCUT2D eigenvalue weighted by Crippen LogP contribution is -2.48. The Morgan fingerprint density at radius 1 is 0.658 bits per heavy atom. The highest BCUT2D eigenvalue weighted by Gasteiger charge is 2.67. The summed E-state index contributed by atoms with van der Waals surface area (Å²) in [6.07, 6.45) is -0.540. The van der Waals surface area contributed by atoms with Crippen molar-refractivity contribution in [2.75, 3.05) is 21.3 Å². The zero-order valence-corrected chi connectivity index (χ0v) is 41.5. The molecule has 1 fully saturated rings. The number of nitrogens with zero attached hydrogens (tertiary/aromatic N) is 4. The van der Waals surface area contributed by atoms with Crippen molar-refractivity contribution < 1.29 is 43.3 Å². The number of carbonyl (C=O) groups excluding carboxylic acids is 4. The molecule has 5 aliphatic rings. The first-order valence-electron chi connectivity index (χ1n) is 24.7. The lowest BCUT2D eigenvalue weighted by atomic mass is 9.82. The molecular formula is C59H52N4O9Si. The van der Waals surface area contributed by atoms with E-state index in [1.165, 1.54) is 0 Å². The van der Waals surface area contributed by atoms with Crippen LogP contribution in [0.3, 0.4) is 0 Å². The van der Waals surface area contributed by atoms with Crippen LogP contribution in [0.4, 0.5) is 28.4 Å². The van der Waals surface area contributed by atoms with Crippen molar-refractivity contribution in [3.63, 3.8) is 0 Å². The summed E-state index contributed by atoms with van der Waals surface area (Å²) in [6, 6.07) is 49.3. The molecule has 366 valence electrons. The smallest absolute Gasteiger partial charge is 0.266 e. The number of fused-ring (bicyclic) bond motifs is 7. The summed E-state index contributed by atoms with van der Waals surface area (Å²) in [4.78, 5) is 79.0. The molecule has 2 N–H and O–H groups in total. The number of rotatable bonds is 8. The van der Waals surface area contributed by atoms with Gasteiger partial charge in [0.1, 0.15) is 11.5 Å². The number of amides is 4. The van der Waals surface area contributed by atoms with E-state index in [4.69, 9.17) is 14.2 Å². The topological polar surface area (TPSA) is 149 Å². The van der Waals surface area contributed by atoms with E-state index in [1.807, 2.05) is 141 Å². The third kappa shape index (κ3) is 7.54. The van der Waals surface area contributed by atoms with E-state index < -0.39 is 37.5 Å². The molecule has 1 spiro atoms. The summed E-state index contributed by atoms with van der Waals surface area (Å²) in [5, 5.41) is 10.6. The van der Waals surface area contributed by atoms with E-state index in [9.17, 15) is 24.3 Å². The summed E-state index contributed by atoms with van der Waals surface area (Å²) in [6.45, 7) is 5.69. The number of hydrogen-bond donors (Lipinski definition) is 2. The van der Waals surface area contributed by atoms with E-state index in [0.29, 0.717) is 86.7 Å². The van der Waals surface area contributed by atoms with Crippen LogP contribution in [0.15, 0.2) is 164 Å². The second-order valence-electron chi connectivity index (χ2n) is 20.1. The molecule has 7 aromatic carbocycles. The van der Waals surface area contributed by atoms with Gasteiger partial charge in [0.05, 0.1) is 59.9 Å². The van der Waals surface area contributed by atoms with Crippen molar-refractivity contribution in [1.82, 2.24) is 4.90 Å². The molecule has 4 amide bonds. The molecule has 13 nitrogen and oxygen atoms in total. The number of carbonyl (C=O) groups is 4. The maximum Gasteiger partial charge on any atom is 0.266 e. The van der Waals surface area contributed by atoms with Crippen molar-refractivity contribution in [3.05, 3.63) is 197 Å². The van der Waals surface area contributed by atoms with Crippen molar-refractivity contribution in [2.45, 2.75) is 69.2 Å². The summed E-state index contributed by atoms with van der Waals surface area (Å²) in [5.74, 6) is -0.0810. The molecule has 5 atom stereocenters. The molecule has 0 bridgehead atoms. The average Bonchev–Trinajstić information content (AvgIpc) is 3.70. The van der Waals surface area contributed by atoms with Gasteiger partial charge in [0.15, 0.2) is 25.4 Å². The monoisotopic (exact) mass is 988 g/mol. The van der Waals surface area contributed by atoms with Crippen molar-refractivity contribution >= 4 is 60.4 Å². The van der Waals surface area contributed by atoms with Crippen LogP contribution in [-0.2, 0) is 39.4 Å². The van der Waals surface area contributed by atoms with Crippen molar-refractivity contribution in [2.24, 2.45) is 5.92 Å². The Labute approximate surface area is 423 Å². The molecule has 73 heavy (non-hydrogen) atoms. The number of benzene rings is 7. The fraction of sp³-hybridized carbons (Fsp3) is 0.220. The highest BCUT2D eigenvalue weighted by Crippen LogP contribution is 2.61. The molecule has 5 aliphatic heterocycles. The SMILES string of the molecule is C[C@H]1[C@H]([Si](C)(C)O)[C@@H](CC(=O)N2Cc3ccccc3C[C@H]2CO)O[C@]12C(=O)N(Cc1cccc(N3C(=O)c4ccccc4Oc4ccccc43)c1)c1ccc(N3C(=O)c4ccccc4Oc4ccccc43)cc12. The molecule has 1 saturated heterocycles. The molecular weight excluding hydrogens is 937 g/mol. The molecule has 5 heterocycles. The summed E-state index contributed by atoms with van der Waals surface area (Å²) < 4.78 is 19.9. The van der Waals surface area contributed by atoms with E-state index >= 15 is 4.79 Å². The highest BCUT2D eigenvalue weighted by molar-refractivity contribution is 6.71. The third-order valence-electron chi connectivity index (χ3n) is 15.3. The molecule has 0 radical (unpaired) electrons. The van der Waals surface area contributed by atoms with Crippen LogP contribution < -0.4 is 24.2 Å². The second-order valence-corrected chi connectivity index (χ2v) is 24.0. The first kappa shape index (κ1) is 46.2. The largest absolute Gasteiger partial charge is 0.454 e. The van der Waals surface area contributed by atoms with Gasteiger partial charge < -0.3 is 33.9 Å². The molecule has 0 saturated carbocycles. The number of aliphatic hydroxyl groups excluding tert-OH is 1. The Kier molecular flexibility index (Phi) is 11.2. The number of aliphatic hydroxyl groups is 1. The minimum absolute atomic E-state index is 0.0554. The number of ether oxygens (including phenoxy) is 3.